The van der Waals surface area contributed by atoms with Gasteiger partial charge in [-0.25, -0.2) is 9.18 Å². The molecule has 0 aromatic heterocycles. The third kappa shape index (κ3) is 5.11. The van der Waals surface area contributed by atoms with Gasteiger partial charge in [0.15, 0.2) is 0 Å². The van der Waals surface area contributed by atoms with Crippen LogP contribution in [-0.2, 0) is 11.2 Å². The van der Waals surface area contributed by atoms with E-state index in [4.69, 9.17) is 21.1 Å². The number of carboxylic acids is 1. The van der Waals surface area contributed by atoms with E-state index < -0.39 is 17.8 Å². The fraction of sp³-hybridized carbons (Fsp3) is 0.167. The maximum absolute atomic E-state index is 14.5. The molecule has 0 saturated carbocycles. The predicted octanol–water partition coefficient (Wildman–Crippen LogP) is 6.88. The number of carbonyl (C=O) groups is 1. The second-order valence-electron chi connectivity index (χ2n) is 8.63. The molecule has 0 spiro atoms. The van der Waals surface area contributed by atoms with Crippen LogP contribution in [0.4, 0.5) is 4.39 Å². The quantitative estimate of drug-likeness (QED) is 0.252. The number of hydrogen-bond donors (Lipinski definition) is 2. The molecule has 0 amide bonds. The van der Waals surface area contributed by atoms with Crippen LogP contribution in [0.3, 0.4) is 0 Å². The maximum Gasteiger partial charge on any atom is 0.326 e. The average molecular weight is 520 g/mol. The van der Waals surface area contributed by atoms with E-state index in [9.17, 15) is 14.3 Å². The van der Waals surface area contributed by atoms with Crippen molar-refractivity contribution < 1.29 is 23.8 Å². The third-order valence-corrected chi connectivity index (χ3v) is 6.67. The van der Waals surface area contributed by atoms with Crippen molar-refractivity contribution in [2.24, 2.45) is 0 Å². The average Bonchev–Trinajstić information content (AvgIpc) is 2.87. The molecule has 4 rings (SSSR count). The van der Waals surface area contributed by atoms with Crippen molar-refractivity contribution >= 4 is 34.0 Å². The summed E-state index contributed by atoms with van der Waals surface area (Å²) in [6.07, 6.45) is 0.145. The van der Waals surface area contributed by atoms with Gasteiger partial charge in [-0.2, -0.15) is 0 Å². The Labute approximate surface area is 220 Å². The van der Waals surface area contributed by atoms with Gasteiger partial charge in [-0.1, -0.05) is 66.7 Å². The van der Waals surface area contributed by atoms with E-state index in [0.717, 1.165) is 21.9 Å². The summed E-state index contributed by atoms with van der Waals surface area (Å²) >= 11 is 6.43. The van der Waals surface area contributed by atoms with Crippen LogP contribution in [0.5, 0.6) is 11.5 Å². The number of hydrogen-bond acceptors (Lipinski definition) is 4. The van der Waals surface area contributed by atoms with Crippen LogP contribution < -0.4 is 14.8 Å². The summed E-state index contributed by atoms with van der Waals surface area (Å²) in [5.74, 6) is -0.441. The Kier molecular flexibility index (Phi) is 7.69. The molecule has 2 N–H and O–H groups in total. The van der Waals surface area contributed by atoms with Gasteiger partial charge in [0.25, 0.3) is 0 Å². The monoisotopic (exact) mass is 519 g/mol. The summed E-state index contributed by atoms with van der Waals surface area (Å²) in [5, 5.41) is 15.1. The van der Waals surface area contributed by atoms with Crippen molar-refractivity contribution in [3.63, 3.8) is 0 Å². The number of fused-ring (bicyclic) bond motifs is 1. The highest BCUT2D eigenvalue weighted by molar-refractivity contribution is 6.32. The standard InChI is InChI=1S/C30H27ClFNO4/c1-17-8-5-13-24(32)27(17)18(2)33-25(30(34)35)16-19-9-6-11-21-20(19)10-7-12-22(21)28-26(36-3)15-14-23(31)29(28)37-4/h5-15,25,33H,2,16H2,1,3-4H3,(H,34,35)/t25-/m0/s1. The molecule has 0 saturated heterocycles. The van der Waals surface area contributed by atoms with Gasteiger partial charge in [0, 0.05) is 17.7 Å². The van der Waals surface area contributed by atoms with Crippen molar-refractivity contribution in [3.8, 4) is 22.6 Å². The molecule has 4 aromatic rings. The Morgan fingerprint density at radius 2 is 1.73 bits per heavy atom. The highest BCUT2D eigenvalue weighted by Crippen LogP contribution is 2.45. The lowest BCUT2D eigenvalue weighted by molar-refractivity contribution is -0.139. The molecule has 0 aliphatic carbocycles. The molecular formula is C30H27ClFNO4. The number of aryl methyl sites for hydroxylation is 1. The molecule has 0 fully saturated rings. The van der Waals surface area contributed by atoms with E-state index in [1.54, 1.807) is 45.4 Å². The number of rotatable bonds is 9. The van der Waals surface area contributed by atoms with Crippen LogP contribution >= 0.6 is 11.6 Å². The third-order valence-electron chi connectivity index (χ3n) is 6.37. The number of ether oxygens (including phenoxy) is 2. The van der Waals surface area contributed by atoms with Gasteiger partial charge in [-0.05, 0) is 52.6 Å². The van der Waals surface area contributed by atoms with E-state index in [0.29, 0.717) is 27.6 Å². The SMILES string of the molecule is C=C(N[C@@H](Cc1cccc2c(-c3c(OC)ccc(Cl)c3OC)cccc12)C(=O)O)c1c(C)cccc1F. The minimum absolute atomic E-state index is 0.145. The first-order valence-electron chi connectivity index (χ1n) is 11.6. The van der Waals surface area contributed by atoms with Crippen LogP contribution in [0.15, 0.2) is 73.3 Å². The van der Waals surface area contributed by atoms with E-state index in [1.807, 2.05) is 36.4 Å². The molecule has 1 atom stereocenters. The molecule has 0 aliphatic heterocycles. The summed E-state index contributed by atoms with van der Waals surface area (Å²) in [4.78, 5) is 12.2. The van der Waals surface area contributed by atoms with Gasteiger partial charge in [0.05, 0.1) is 24.8 Å². The molecule has 7 heteroatoms. The van der Waals surface area contributed by atoms with E-state index in [-0.39, 0.29) is 17.7 Å². The molecule has 37 heavy (non-hydrogen) atoms. The Balaban J connectivity index is 1.77. The smallest absolute Gasteiger partial charge is 0.326 e. The summed E-state index contributed by atoms with van der Waals surface area (Å²) < 4.78 is 25.7. The van der Waals surface area contributed by atoms with Gasteiger partial charge in [-0.3, -0.25) is 0 Å². The number of carboxylic acid groups (broad SMARTS) is 1. The molecule has 0 radical (unpaired) electrons. The number of halogens is 2. The van der Waals surface area contributed by atoms with Gasteiger partial charge >= 0.3 is 5.97 Å². The second kappa shape index (κ2) is 10.9. The number of nitrogens with one attached hydrogen (secondary N) is 1. The minimum Gasteiger partial charge on any atom is -0.496 e. The Morgan fingerprint density at radius 1 is 1.03 bits per heavy atom. The van der Waals surface area contributed by atoms with Crippen LogP contribution in [0.2, 0.25) is 5.02 Å². The van der Waals surface area contributed by atoms with Crippen molar-refractivity contribution in [1.82, 2.24) is 5.32 Å². The minimum atomic E-state index is -1.07. The Morgan fingerprint density at radius 3 is 2.41 bits per heavy atom. The topological polar surface area (TPSA) is 67.8 Å². The molecule has 0 bridgehead atoms. The van der Waals surface area contributed by atoms with Crippen molar-refractivity contribution in [2.45, 2.75) is 19.4 Å². The highest BCUT2D eigenvalue weighted by Gasteiger charge is 2.23. The molecule has 4 aromatic carbocycles. The fourth-order valence-electron chi connectivity index (χ4n) is 4.65. The molecule has 0 aliphatic rings. The van der Waals surface area contributed by atoms with Gasteiger partial charge < -0.3 is 19.9 Å². The number of benzene rings is 4. The van der Waals surface area contributed by atoms with Crippen LogP contribution in [0.25, 0.3) is 27.6 Å². The lowest BCUT2D eigenvalue weighted by Crippen LogP contribution is -2.37. The van der Waals surface area contributed by atoms with Crippen LogP contribution in [0.1, 0.15) is 16.7 Å². The summed E-state index contributed by atoms with van der Waals surface area (Å²) in [5.41, 5.74) is 3.50. The normalized spacial score (nSPS) is 11.7. The number of methoxy groups -OCH3 is 2. The molecular weight excluding hydrogens is 493 g/mol. The summed E-state index contributed by atoms with van der Waals surface area (Å²) in [6, 6.07) is 18.6. The molecule has 5 nitrogen and oxygen atoms in total. The largest absolute Gasteiger partial charge is 0.496 e. The zero-order chi connectivity index (χ0) is 26.7. The predicted molar refractivity (Wildman–Crippen MR) is 146 cm³/mol. The zero-order valence-corrected chi connectivity index (χ0v) is 21.5. The first-order valence-corrected chi connectivity index (χ1v) is 12.0. The Hall–Kier alpha value is -4.03. The lowest BCUT2D eigenvalue weighted by Gasteiger charge is -2.21. The maximum atomic E-state index is 14.5. The molecule has 0 unspecified atom stereocenters. The van der Waals surface area contributed by atoms with E-state index in [2.05, 4.69) is 11.9 Å². The van der Waals surface area contributed by atoms with Gasteiger partial charge in [0.1, 0.15) is 23.4 Å². The lowest BCUT2D eigenvalue weighted by atomic mass is 9.92. The first-order chi connectivity index (χ1) is 17.8. The van der Waals surface area contributed by atoms with Crippen molar-refractivity contribution in [1.29, 1.82) is 0 Å². The number of aliphatic carboxylic acids is 1. The fourth-order valence-corrected chi connectivity index (χ4v) is 4.89. The van der Waals surface area contributed by atoms with Gasteiger partial charge in [0.2, 0.25) is 0 Å². The zero-order valence-electron chi connectivity index (χ0n) is 20.8. The molecule has 190 valence electrons. The van der Waals surface area contributed by atoms with Crippen LogP contribution in [-0.4, -0.2) is 31.3 Å². The van der Waals surface area contributed by atoms with Crippen molar-refractivity contribution in [2.75, 3.05) is 14.2 Å². The summed E-state index contributed by atoms with van der Waals surface area (Å²) in [6.45, 7) is 5.67. The molecule has 0 heterocycles. The summed E-state index contributed by atoms with van der Waals surface area (Å²) in [7, 11) is 3.13. The van der Waals surface area contributed by atoms with E-state index >= 15 is 0 Å². The second-order valence-corrected chi connectivity index (χ2v) is 9.03. The van der Waals surface area contributed by atoms with Gasteiger partial charge in [-0.15, -0.1) is 0 Å². The highest BCUT2D eigenvalue weighted by atomic mass is 35.5. The first kappa shape index (κ1) is 26.0. The van der Waals surface area contributed by atoms with E-state index in [1.165, 1.54) is 6.07 Å². The Bertz CT molecular complexity index is 1480. The van der Waals surface area contributed by atoms with Crippen molar-refractivity contribution in [3.05, 3.63) is 101 Å². The van der Waals surface area contributed by atoms with Crippen LogP contribution in [0, 0.1) is 12.7 Å².